The van der Waals surface area contributed by atoms with Crippen molar-refractivity contribution in [3.05, 3.63) is 17.0 Å². The Morgan fingerprint density at radius 1 is 1.52 bits per heavy atom. The van der Waals surface area contributed by atoms with Crippen LogP contribution >= 0.6 is 0 Å². The molecule has 1 amide bonds. The molecule has 0 bridgehead atoms. The van der Waals surface area contributed by atoms with Gasteiger partial charge in [-0.15, -0.1) is 0 Å². The Bertz CT molecular complexity index is 483. The highest BCUT2D eigenvalue weighted by Gasteiger charge is 2.25. The lowest BCUT2D eigenvalue weighted by Gasteiger charge is -2.15. The molecule has 6 heteroatoms. The first-order chi connectivity index (χ1) is 10.1. The summed E-state index contributed by atoms with van der Waals surface area (Å²) in [4.78, 5) is 12.3. The third-order valence-corrected chi connectivity index (χ3v) is 3.63. The Kier molecular flexibility index (Phi) is 5.76. The number of carbonyl (C=O) groups excluding carboxylic acids is 1. The molecule has 1 N–H and O–H groups in total. The van der Waals surface area contributed by atoms with Crippen LogP contribution < -0.4 is 5.32 Å². The highest BCUT2D eigenvalue weighted by Crippen LogP contribution is 2.21. The molecule has 1 aliphatic rings. The van der Waals surface area contributed by atoms with Crippen LogP contribution in [0.4, 0.5) is 0 Å². The predicted octanol–water partition coefficient (Wildman–Crippen LogP) is 1.38. The van der Waals surface area contributed by atoms with Gasteiger partial charge in [0.05, 0.1) is 26.4 Å². The van der Waals surface area contributed by atoms with Crippen molar-refractivity contribution in [1.82, 2.24) is 15.1 Å². The number of aromatic nitrogens is 2. The molecule has 0 radical (unpaired) electrons. The minimum Gasteiger partial charge on any atom is -0.383 e. The lowest BCUT2D eigenvalue weighted by Crippen LogP contribution is -2.27. The molecule has 0 saturated carbocycles. The van der Waals surface area contributed by atoms with Crippen molar-refractivity contribution in [2.45, 2.75) is 39.8 Å². The Morgan fingerprint density at radius 2 is 2.33 bits per heavy atom. The summed E-state index contributed by atoms with van der Waals surface area (Å²) >= 11 is 0. The molecular formula is C15H25N3O3. The highest BCUT2D eigenvalue weighted by atomic mass is 16.5. The zero-order valence-electron chi connectivity index (χ0n) is 13.1. The van der Waals surface area contributed by atoms with Crippen molar-refractivity contribution in [2.24, 2.45) is 5.92 Å². The SMILES string of the molecule is COCCn1nc(C(=O)NCCC(C)C)c2c1CCOC2. The summed E-state index contributed by atoms with van der Waals surface area (Å²) in [6.07, 6.45) is 1.76. The third-order valence-electron chi connectivity index (χ3n) is 3.63. The molecule has 118 valence electrons. The predicted molar refractivity (Wildman–Crippen MR) is 79.3 cm³/mol. The van der Waals surface area contributed by atoms with Gasteiger partial charge in [-0.05, 0) is 12.3 Å². The molecular weight excluding hydrogens is 270 g/mol. The summed E-state index contributed by atoms with van der Waals surface area (Å²) in [6.45, 7) is 7.36. The molecule has 1 aromatic heterocycles. The van der Waals surface area contributed by atoms with E-state index < -0.39 is 0 Å². The van der Waals surface area contributed by atoms with Gasteiger partial charge in [0.1, 0.15) is 0 Å². The number of hydrogen-bond donors (Lipinski definition) is 1. The average Bonchev–Trinajstić information content (AvgIpc) is 2.83. The summed E-state index contributed by atoms with van der Waals surface area (Å²) in [5.41, 5.74) is 2.54. The fraction of sp³-hybridized carbons (Fsp3) is 0.733. The number of hydrogen-bond acceptors (Lipinski definition) is 4. The van der Waals surface area contributed by atoms with Crippen molar-refractivity contribution in [2.75, 3.05) is 26.9 Å². The van der Waals surface area contributed by atoms with E-state index in [0.29, 0.717) is 44.5 Å². The van der Waals surface area contributed by atoms with Gasteiger partial charge in [-0.1, -0.05) is 13.8 Å². The quantitative estimate of drug-likeness (QED) is 0.825. The number of carbonyl (C=O) groups is 1. The number of methoxy groups -OCH3 is 1. The van der Waals surface area contributed by atoms with Crippen LogP contribution in [0.2, 0.25) is 0 Å². The van der Waals surface area contributed by atoms with E-state index in [-0.39, 0.29) is 5.91 Å². The fourth-order valence-electron chi connectivity index (χ4n) is 2.41. The van der Waals surface area contributed by atoms with E-state index in [1.54, 1.807) is 7.11 Å². The van der Waals surface area contributed by atoms with Gasteiger partial charge in [-0.25, -0.2) is 0 Å². The maximum Gasteiger partial charge on any atom is 0.272 e. The summed E-state index contributed by atoms with van der Waals surface area (Å²) in [5, 5.41) is 7.42. The standard InChI is InChI=1S/C15H25N3O3/c1-11(2)4-6-16-15(19)14-12-10-21-8-5-13(12)18(17-14)7-9-20-3/h11H,4-10H2,1-3H3,(H,16,19). The maximum absolute atomic E-state index is 12.3. The molecule has 0 fully saturated rings. The Morgan fingerprint density at radius 3 is 3.05 bits per heavy atom. The van der Waals surface area contributed by atoms with Gasteiger partial charge in [-0.2, -0.15) is 5.10 Å². The Labute approximate surface area is 125 Å². The number of nitrogens with one attached hydrogen (secondary N) is 1. The number of ether oxygens (including phenoxy) is 2. The summed E-state index contributed by atoms with van der Waals surface area (Å²) in [7, 11) is 1.67. The van der Waals surface area contributed by atoms with Gasteiger partial charge in [0.2, 0.25) is 0 Å². The smallest absolute Gasteiger partial charge is 0.272 e. The molecule has 21 heavy (non-hydrogen) atoms. The van der Waals surface area contributed by atoms with Gasteiger partial charge >= 0.3 is 0 Å². The van der Waals surface area contributed by atoms with E-state index in [9.17, 15) is 4.79 Å². The summed E-state index contributed by atoms with van der Waals surface area (Å²) < 4.78 is 12.5. The van der Waals surface area contributed by atoms with Crippen LogP contribution in [-0.2, 0) is 29.0 Å². The third kappa shape index (κ3) is 4.04. The normalized spacial score (nSPS) is 14.3. The van der Waals surface area contributed by atoms with Gasteiger partial charge in [0.15, 0.2) is 5.69 Å². The van der Waals surface area contributed by atoms with Crippen LogP contribution in [-0.4, -0.2) is 42.6 Å². The van der Waals surface area contributed by atoms with E-state index in [0.717, 1.165) is 24.1 Å². The average molecular weight is 295 g/mol. The first kappa shape index (κ1) is 16.0. The first-order valence-electron chi connectivity index (χ1n) is 7.57. The number of nitrogens with zero attached hydrogens (tertiary/aromatic N) is 2. The minimum atomic E-state index is -0.103. The summed E-state index contributed by atoms with van der Waals surface area (Å²) in [6, 6.07) is 0. The van der Waals surface area contributed by atoms with E-state index >= 15 is 0 Å². The Hall–Kier alpha value is -1.40. The van der Waals surface area contributed by atoms with E-state index in [1.165, 1.54) is 0 Å². The molecule has 0 saturated heterocycles. The topological polar surface area (TPSA) is 65.4 Å². The van der Waals surface area contributed by atoms with Crippen LogP contribution in [0.1, 0.15) is 42.0 Å². The largest absolute Gasteiger partial charge is 0.383 e. The zero-order chi connectivity index (χ0) is 15.2. The van der Waals surface area contributed by atoms with Crippen LogP contribution in [0.15, 0.2) is 0 Å². The van der Waals surface area contributed by atoms with E-state index in [1.807, 2.05) is 4.68 Å². The van der Waals surface area contributed by atoms with E-state index in [2.05, 4.69) is 24.3 Å². The lowest BCUT2D eigenvalue weighted by atomic mass is 10.1. The molecule has 2 rings (SSSR count). The number of fused-ring (bicyclic) bond motifs is 1. The molecule has 0 aliphatic carbocycles. The second-order valence-electron chi connectivity index (χ2n) is 5.73. The molecule has 0 spiro atoms. The fourth-order valence-corrected chi connectivity index (χ4v) is 2.41. The molecule has 0 unspecified atom stereocenters. The lowest BCUT2D eigenvalue weighted by molar-refractivity contribution is 0.0923. The van der Waals surface area contributed by atoms with Crippen LogP contribution in [0, 0.1) is 5.92 Å². The molecule has 0 aromatic carbocycles. The van der Waals surface area contributed by atoms with Gasteiger partial charge in [0.25, 0.3) is 5.91 Å². The van der Waals surface area contributed by atoms with Crippen molar-refractivity contribution >= 4 is 5.91 Å². The summed E-state index contributed by atoms with van der Waals surface area (Å²) in [5.74, 6) is 0.468. The minimum absolute atomic E-state index is 0.103. The van der Waals surface area contributed by atoms with Gasteiger partial charge < -0.3 is 14.8 Å². The van der Waals surface area contributed by atoms with Crippen molar-refractivity contribution < 1.29 is 14.3 Å². The van der Waals surface area contributed by atoms with Crippen LogP contribution in [0.3, 0.4) is 0 Å². The maximum atomic E-state index is 12.3. The first-order valence-corrected chi connectivity index (χ1v) is 7.57. The van der Waals surface area contributed by atoms with Gasteiger partial charge in [-0.3, -0.25) is 9.48 Å². The molecule has 2 heterocycles. The Balaban J connectivity index is 2.10. The van der Waals surface area contributed by atoms with Crippen LogP contribution in [0.5, 0.6) is 0 Å². The number of amides is 1. The molecule has 6 nitrogen and oxygen atoms in total. The number of rotatable bonds is 7. The van der Waals surface area contributed by atoms with Crippen LogP contribution in [0.25, 0.3) is 0 Å². The highest BCUT2D eigenvalue weighted by molar-refractivity contribution is 5.94. The van der Waals surface area contributed by atoms with Gasteiger partial charge in [0, 0.05) is 31.3 Å². The second kappa shape index (κ2) is 7.56. The molecule has 0 atom stereocenters. The van der Waals surface area contributed by atoms with Crippen molar-refractivity contribution in [1.29, 1.82) is 0 Å². The zero-order valence-corrected chi connectivity index (χ0v) is 13.1. The van der Waals surface area contributed by atoms with Crippen molar-refractivity contribution in [3.63, 3.8) is 0 Å². The molecule has 1 aliphatic heterocycles. The monoisotopic (exact) mass is 295 g/mol. The molecule has 1 aromatic rings. The second-order valence-corrected chi connectivity index (χ2v) is 5.73. The van der Waals surface area contributed by atoms with Crippen molar-refractivity contribution in [3.8, 4) is 0 Å². The van der Waals surface area contributed by atoms with E-state index in [4.69, 9.17) is 9.47 Å².